The number of ether oxygens (including phenoxy) is 3. The van der Waals surface area contributed by atoms with Gasteiger partial charge in [0.2, 0.25) is 0 Å². The Bertz CT molecular complexity index is 1090. The van der Waals surface area contributed by atoms with Crippen LogP contribution in [-0.2, 0) is 24.5 Å². The van der Waals surface area contributed by atoms with Gasteiger partial charge >= 0.3 is 11.9 Å². The predicted molar refractivity (Wildman–Crippen MR) is 132 cm³/mol. The molecule has 0 amide bonds. The number of likely N-dealkylation sites (tertiary alicyclic amines) is 1. The van der Waals surface area contributed by atoms with Gasteiger partial charge in [0.1, 0.15) is 11.8 Å². The molecule has 1 spiro atoms. The smallest absolute Gasteiger partial charge is 0.352 e. The Labute approximate surface area is 212 Å². The molecule has 0 aromatic heterocycles. The van der Waals surface area contributed by atoms with Gasteiger partial charge < -0.3 is 35.1 Å². The molecule has 1 aromatic rings. The number of fused-ring (bicyclic) bond motifs is 1. The fraction of sp³-hybridized carbons (Fsp3) is 0.630. The van der Waals surface area contributed by atoms with Crippen molar-refractivity contribution in [2.45, 2.75) is 89.2 Å². The number of phenols is 1. The van der Waals surface area contributed by atoms with Gasteiger partial charge in [-0.1, -0.05) is 19.9 Å². The van der Waals surface area contributed by atoms with Crippen molar-refractivity contribution in [3.63, 3.8) is 0 Å². The van der Waals surface area contributed by atoms with Crippen molar-refractivity contribution in [2.24, 2.45) is 11.7 Å². The topological polar surface area (TPSA) is 132 Å². The fourth-order valence-corrected chi connectivity index (χ4v) is 6.12. The van der Waals surface area contributed by atoms with Crippen LogP contribution in [0.25, 0.3) is 0 Å². The zero-order valence-corrected chi connectivity index (χ0v) is 21.9. The van der Waals surface area contributed by atoms with E-state index in [4.69, 9.17) is 19.9 Å². The number of rotatable bonds is 6. The Hall–Kier alpha value is -2.62. The molecule has 9 nitrogen and oxygen atoms in total. The highest BCUT2D eigenvalue weighted by Crippen LogP contribution is 2.62. The van der Waals surface area contributed by atoms with Crippen LogP contribution in [-0.4, -0.2) is 70.5 Å². The fourth-order valence-electron chi connectivity index (χ4n) is 6.12. The lowest BCUT2D eigenvalue weighted by molar-refractivity contribution is -0.172. The second-order valence-electron chi connectivity index (χ2n) is 11.0. The molecule has 2 aliphatic heterocycles. The molecule has 2 unspecified atom stereocenters. The first-order chi connectivity index (χ1) is 16.8. The number of aliphatic hydroxyl groups is 1. The second-order valence-corrected chi connectivity index (χ2v) is 11.0. The number of nitrogens with two attached hydrogens (primary N) is 1. The van der Waals surface area contributed by atoms with Crippen LogP contribution in [0.4, 0.5) is 0 Å². The van der Waals surface area contributed by atoms with Crippen LogP contribution >= 0.6 is 0 Å². The Morgan fingerprint density at radius 1 is 1.28 bits per heavy atom. The summed E-state index contributed by atoms with van der Waals surface area (Å²) in [6.45, 7) is 9.91. The number of nitrogens with zero attached hydrogens (tertiary/aromatic N) is 1. The van der Waals surface area contributed by atoms with Gasteiger partial charge in [-0.3, -0.25) is 4.79 Å². The SMILES string of the molecule is Cc1ccc(O)c2c1C13CCN(C)[C@H](C)[C@]1(O)CC=C(OC(=O)[C@H](C)OC(=O)[C@@H](N)CC(C)C)C3O2. The lowest BCUT2D eigenvalue weighted by atomic mass is 9.54. The van der Waals surface area contributed by atoms with Crippen LogP contribution < -0.4 is 10.5 Å². The average Bonchev–Trinajstić information content (AvgIpc) is 3.18. The van der Waals surface area contributed by atoms with Gasteiger partial charge in [-0.25, -0.2) is 4.79 Å². The quantitative estimate of drug-likeness (QED) is 0.501. The van der Waals surface area contributed by atoms with Crippen molar-refractivity contribution in [3.05, 3.63) is 35.1 Å². The number of phenolic OH excluding ortho intramolecular Hbond substituents is 1. The Balaban J connectivity index is 1.65. The molecule has 6 atom stereocenters. The third-order valence-corrected chi connectivity index (χ3v) is 8.20. The minimum Gasteiger partial charge on any atom is -0.504 e. The molecule has 0 radical (unpaired) electrons. The van der Waals surface area contributed by atoms with Gasteiger partial charge in [0.25, 0.3) is 0 Å². The first-order valence-corrected chi connectivity index (χ1v) is 12.6. The molecule has 1 saturated heterocycles. The molecule has 3 aliphatic rings. The standard InChI is InChI=1S/C27H38N2O7/c1-14(2)13-18(28)25(32)34-16(4)24(31)35-20-9-10-27(33)17(5)29(6)12-11-26(27)21-15(3)7-8-19(30)22(21)36-23(20)26/h7-9,14,16-18,23,30,33H,10-13,28H2,1-6H3/t16-,17+,18-,23?,26?,27+/m0/s1. The summed E-state index contributed by atoms with van der Waals surface area (Å²) in [7, 11) is 1.97. The summed E-state index contributed by atoms with van der Waals surface area (Å²) in [4.78, 5) is 27.4. The minimum atomic E-state index is -1.23. The molecule has 36 heavy (non-hydrogen) atoms. The maximum atomic E-state index is 13.0. The van der Waals surface area contributed by atoms with Crippen molar-refractivity contribution >= 4 is 11.9 Å². The van der Waals surface area contributed by atoms with Crippen molar-refractivity contribution < 1.29 is 34.0 Å². The molecule has 9 heteroatoms. The van der Waals surface area contributed by atoms with Crippen molar-refractivity contribution in [1.29, 1.82) is 0 Å². The Morgan fingerprint density at radius 2 is 1.97 bits per heavy atom. The maximum Gasteiger partial charge on any atom is 0.352 e. The highest BCUT2D eigenvalue weighted by molar-refractivity contribution is 5.82. The van der Waals surface area contributed by atoms with Crippen molar-refractivity contribution in [1.82, 2.24) is 4.90 Å². The summed E-state index contributed by atoms with van der Waals surface area (Å²) < 4.78 is 17.3. The Morgan fingerprint density at radius 3 is 2.64 bits per heavy atom. The van der Waals surface area contributed by atoms with Gasteiger partial charge in [-0.15, -0.1) is 0 Å². The zero-order valence-electron chi connectivity index (χ0n) is 21.9. The van der Waals surface area contributed by atoms with Crippen molar-refractivity contribution in [2.75, 3.05) is 13.6 Å². The van der Waals surface area contributed by atoms with E-state index in [1.54, 1.807) is 12.1 Å². The van der Waals surface area contributed by atoms with E-state index in [9.17, 15) is 19.8 Å². The van der Waals surface area contributed by atoms with Crippen LogP contribution in [0.5, 0.6) is 11.5 Å². The highest BCUT2D eigenvalue weighted by atomic mass is 16.6. The number of piperidine rings is 1. The van der Waals surface area contributed by atoms with E-state index < -0.39 is 41.2 Å². The molecule has 0 saturated carbocycles. The average molecular weight is 503 g/mol. The molecule has 1 aromatic carbocycles. The minimum absolute atomic E-state index is 0.0274. The van der Waals surface area contributed by atoms with Gasteiger partial charge in [0, 0.05) is 18.0 Å². The van der Waals surface area contributed by atoms with Crippen LogP contribution in [0.15, 0.2) is 24.0 Å². The summed E-state index contributed by atoms with van der Waals surface area (Å²) in [6, 6.07) is 2.33. The van der Waals surface area contributed by atoms with Gasteiger partial charge in [0.15, 0.2) is 23.7 Å². The number of likely N-dealkylation sites (N-methyl/N-ethyl adjacent to an activating group) is 1. The number of aryl methyl sites for hydroxylation is 1. The number of carbonyl (C=O) groups excluding carboxylic acids is 2. The molecular formula is C27H38N2O7. The predicted octanol–water partition coefficient (Wildman–Crippen LogP) is 2.29. The maximum absolute atomic E-state index is 13.0. The third-order valence-electron chi connectivity index (χ3n) is 8.20. The second kappa shape index (κ2) is 9.36. The number of carbonyl (C=O) groups is 2. The number of benzene rings is 1. The monoisotopic (exact) mass is 502 g/mol. The molecule has 4 rings (SSSR count). The van der Waals surface area contributed by atoms with Gasteiger partial charge in [-0.05, 0) is 70.8 Å². The van der Waals surface area contributed by atoms with E-state index in [0.29, 0.717) is 25.1 Å². The third kappa shape index (κ3) is 3.97. The summed E-state index contributed by atoms with van der Waals surface area (Å²) in [6.07, 6.45) is 0.872. The van der Waals surface area contributed by atoms with Crippen LogP contribution in [0.1, 0.15) is 58.1 Å². The van der Waals surface area contributed by atoms with Crippen LogP contribution in [0.2, 0.25) is 0 Å². The van der Waals surface area contributed by atoms with Gasteiger partial charge in [-0.2, -0.15) is 0 Å². The number of hydrogen-bond acceptors (Lipinski definition) is 9. The normalized spacial score (nSPS) is 30.9. The number of esters is 2. The largest absolute Gasteiger partial charge is 0.504 e. The number of hydrogen-bond donors (Lipinski definition) is 3. The summed E-state index contributed by atoms with van der Waals surface area (Å²) in [5.41, 5.74) is 5.37. The zero-order chi connectivity index (χ0) is 26.6. The van der Waals surface area contributed by atoms with Crippen LogP contribution in [0, 0.1) is 12.8 Å². The first kappa shape index (κ1) is 26.4. The number of aromatic hydroxyl groups is 1. The molecule has 2 heterocycles. The molecular weight excluding hydrogens is 464 g/mol. The first-order valence-electron chi connectivity index (χ1n) is 12.6. The lowest BCUT2D eigenvalue weighted by Crippen LogP contribution is -2.71. The van der Waals surface area contributed by atoms with E-state index >= 15 is 0 Å². The summed E-state index contributed by atoms with van der Waals surface area (Å²) >= 11 is 0. The molecule has 1 fully saturated rings. The van der Waals surface area contributed by atoms with Crippen molar-refractivity contribution in [3.8, 4) is 11.5 Å². The van der Waals surface area contributed by atoms with E-state index in [0.717, 1.165) is 11.1 Å². The Kier molecular flexibility index (Phi) is 6.87. The van der Waals surface area contributed by atoms with Gasteiger partial charge in [0.05, 0.1) is 11.0 Å². The van der Waals surface area contributed by atoms with E-state index in [-0.39, 0.29) is 29.9 Å². The summed E-state index contributed by atoms with van der Waals surface area (Å²) in [5.74, 6) is -0.696. The van der Waals surface area contributed by atoms with E-state index in [1.807, 2.05) is 40.8 Å². The van der Waals surface area contributed by atoms with E-state index in [1.165, 1.54) is 6.92 Å². The lowest BCUT2D eigenvalue weighted by Gasteiger charge is -2.58. The molecule has 1 aliphatic carbocycles. The van der Waals surface area contributed by atoms with E-state index in [2.05, 4.69) is 4.90 Å². The molecule has 0 bridgehead atoms. The molecule has 198 valence electrons. The van der Waals surface area contributed by atoms with Crippen LogP contribution in [0.3, 0.4) is 0 Å². The molecule has 4 N–H and O–H groups in total. The highest BCUT2D eigenvalue weighted by Gasteiger charge is 2.69. The summed E-state index contributed by atoms with van der Waals surface area (Å²) in [5, 5.41) is 22.8.